The molecule has 1 saturated heterocycles. The number of pyridine rings is 1. The maximum absolute atomic E-state index is 13.2. The van der Waals surface area contributed by atoms with E-state index in [9.17, 15) is 12.8 Å². The third kappa shape index (κ3) is 4.25. The fourth-order valence-corrected chi connectivity index (χ4v) is 4.94. The van der Waals surface area contributed by atoms with Crippen molar-refractivity contribution in [2.24, 2.45) is 0 Å². The lowest BCUT2D eigenvalue weighted by Crippen LogP contribution is -2.36. The molecule has 1 atom stereocenters. The van der Waals surface area contributed by atoms with Gasteiger partial charge < -0.3 is 4.52 Å². The number of benzene rings is 1. The molecule has 10 heteroatoms. The number of hydrogen-bond acceptors (Lipinski definition) is 7. The van der Waals surface area contributed by atoms with Crippen LogP contribution in [0.1, 0.15) is 25.3 Å². The molecule has 30 heavy (non-hydrogen) atoms. The second-order valence-electron chi connectivity index (χ2n) is 7.12. The SMILES string of the molecule is CC(c1nc(-c2cccnc2)no1)N1CCCN(S(=O)(=O)c2ccc(F)cc2)CC1. The molecule has 1 aliphatic rings. The van der Waals surface area contributed by atoms with Gasteiger partial charge >= 0.3 is 0 Å². The molecule has 0 amide bonds. The number of hydrogen-bond donors (Lipinski definition) is 0. The average Bonchev–Trinajstić information content (AvgIpc) is 3.11. The van der Waals surface area contributed by atoms with E-state index in [4.69, 9.17) is 4.52 Å². The fraction of sp³-hybridized carbons (Fsp3) is 0.350. The van der Waals surface area contributed by atoms with Crippen molar-refractivity contribution in [2.75, 3.05) is 26.2 Å². The Labute approximate surface area is 174 Å². The largest absolute Gasteiger partial charge is 0.337 e. The van der Waals surface area contributed by atoms with Gasteiger partial charge in [-0.1, -0.05) is 5.16 Å². The molecule has 0 spiro atoms. The molecule has 1 aromatic carbocycles. The molecular formula is C20H22FN5O3S. The van der Waals surface area contributed by atoms with Crippen LogP contribution >= 0.6 is 0 Å². The van der Waals surface area contributed by atoms with E-state index in [1.165, 1.54) is 16.4 Å². The van der Waals surface area contributed by atoms with Gasteiger partial charge in [-0.15, -0.1) is 0 Å². The first-order chi connectivity index (χ1) is 14.4. The summed E-state index contributed by atoms with van der Waals surface area (Å²) in [6, 6.07) is 8.43. The summed E-state index contributed by atoms with van der Waals surface area (Å²) in [6.07, 6.45) is 4.01. The van der Waals surface area contributed by atoms with E-state index in [0.717, 1.165) is 17.7 Å². The van der Waals surface area contributed by atoms with Gasteiger partial charge in [0.15, 0.2) is 0 Å². The minimum absolute atomic E-state index is 0.100. The number of rotatable bonds is 5. The lowest BCUT2D eigenvalue weighted by molar-refractivity contribution is 0.181. The monoisotopic (exact) mass is 431 g/mol. The Balaban J connectivity index is 1.45. The Morgan fingerprint density at radius 3 is 2.63 bits per heavy atom. The quantitative estimate of drug-likeness (QED) is 0.613. The zero-order chi connectivity index (χ0) is 21.1. The van der Waals surface area contributed by atoms with E-state index in [1.807, 2.05) is 13.0 Å². The molecule has 3 heterocycles. The molecule has 0 saturated carbocycles. The first-order valence-corrected chi connectivity index (χ1v) is 11.1. The summed E-state index contributed by atoms with van der Waals surface area (Å²) in [4.78, 5) is 10.8. The van der Waals surface area contributed by atoms with Crippen molar-refractivity contribution in [3.8, 4) is 11.4 Å². The van der Waals surface area contributed by atoms with Gasteiger partial charge in [0.05, 0.1) is 10.9 Å². The van der Waals surface area contributed by atoms with E-state index in [2.05, 4.69) is 20.0 Å². The molecule has 3 aromatic rings. The van der Waals surface area contributed by atoms with Crippen LogP contribution < -0.4 is 0 Å². The van der Waals surface area contributed by atoms with Crippen LogP contribution in [0.15, 0.2) is 58.2 Å². The summed E-state index contributed by atoms with van der Waals surface area (Å²) in [5, 5.41) is 4.04. The predicted octanol–water partition coefficient (Wildman–Crippen LogP) is 2.73. The molecule has 1 unspecified atom stereocenters. The minimum Gasteiger partial charge on any atom is -0.337 e. The van der Waals surface area contributed by atoms with Gasteiger partial charge in [-0.05, 0) is 49.7 Å². The van der Waals surface area contributed by atoms with Gasteiger partial charge in [-0.3, -0.25) is 9.88 Å². The first-order valence-electron chi connectivity index (χ1n) is 9.69. The summed E-state index contributed by atoms with van der Waals surface area (Å²) in [5.41, 5.74) is 0.770. The van der Waals surface area contributed by atoms with Crippen molar-refractivity contribution in [3.05, 3.63) is 60.5 Å². The molecule has 4 rings (SSSR count). The predicted molar refractivity (Wildman–Crippen MR) is 107 cm³/mol. The first kappa shape index (κ1) is 20.6. The molecule has 2 aromatic heterocycles. The van der Waals surface area contributed by atoms with Crippen LogP contribution in [0.4, 0.5) is 4.39 Å². The Morgan fingerprint density at radius 1 is 1.10 bits per heavy atom. The number of sulfonamides is 1. The number of halogens is 1. The molecule has 0 radical (unpaired) electrons. The van der Waals surface area contributed by atoms with Crippen molar-refractivity contribution < 1.29 is 17.3 Å². The van der Waals surface area contributed by atoms with Gasteiger partial charge in [-0.25, -0.2) is 12.8 Å². The lowest BCUT2D eigenvalue weighted by atomic mass is 10.2. The molecule has 0 N–H and O–H groups in total. The Hall–Kier alpha value is -2.69. The van der Waals surface area contributed by atoms with Gasteiger partial charge in [0.25, 0.3) is 0 Å². The third-order valence-corrected chi connectivity index (χ3v) is 7.12. The van der Waals surface area contributed by atoms with Gasteiger partial charge in [0.2, 0.25) is 21.7 Å². The molecule has 0 aliphatic carbocycles. The lowest BCUT2D eigenvalue weighted by Gasteiger charge is -2.25. The zero-order valence-electron chi connectivity index (χ0n) is 16.5. The van der Waals surface area contributed by atoms with Crippen LogP contribution in [-0.4, -0.2) is 58.9 Å². The van der Waals surface area contributed by atoms with E-state index < -0.39 is 15.8 Å². The summed E-state index contributed by atoms with van der Waals surface area (Å²) in [6.45, 7) is 3.90. The second kappa shape index (κ2) is 8.58. The van der Waals surface area contributed by atoms with Crippen molar-refractivity contribution in [3.63, 3.8) is 0 Å². The van der Waals surface area contributed by atoms with E-state index in [1.54, 1.807) is 18.5 Å². The number of aromatic nitrogens is 3. The fourth-order valence-electron chi connectivity index (χ4n) is 3.47. The molecule has 0 bridgehead atoms. The van der Waals surface area contributed by atoms with Gasteiger partial charge in [-0.2, -0.15) is 9.29 Å². The Morgan fingerprint density at radius 2 is 1.90 bits per heavy atom. The van der Waals surface area contributed by atoms with E-state index in [0.29, 0.717) is 44.3 Å². The average molecular weight is 431 g/mol. The van der Waals surface area contributed by atoms with Crippen LogP contribution in [0, 0.1) is 5.82 Å². The molecular weight excluding hydrogens is 409 g/mol. The van der Waals surface area contributed by atoms with Crippen LogP contribution in [0.25, 0.3) is 11.4 Å². The zero-order valence-corrected chi connectivity index (χ0v) is 17.3. The normalized spacial score (nSPS) is 17.5. The van der Waals surface area contributed by atoms with Crippen LogP contribution in [0.3, 0.4) is 0 Å². The third-order valence-electron chi connectivity index (χ3n) is 5.21. The minimum atomic E-state index is -3.67. The highest BCUT2D eigenvalue weighted by Crippen LogP contribution is 2.25. The number of nitrogens with zero attached hydrogens (tertiary/aromatic N) is 5. The molecule has 1 aliphatic heterocycles. The van der Waals surface area contributed by atoms with E-state index in [-0.39, 0.29) is 10.9 Å². The Kier molecular flexibility index (Phi) is 5.89. The van der Waals surface area contributed by atoms with Crippen molar-refractivity contribution >= 4 is 10.0 Å². The van der Waals surface area contributed by atoms with Crippen molar-refractivity contribution in [2.45, 2.75) is 24.3 Å². The second-order valence-corrected chi connectivity index (χ2v) is 9.06. The standard InChI is InChI=1S/C20H22FN5O3S/c1-15(20-23-19(24-29-20)16-4-2-9-22-14-16)25-10-3-11-26(13-12-25)30(27,28)18-7-5-17(21)6-8-18/h2,4-9,14-15H,3,10-13H2,1H3. The smallest absolute Gasteiger partial charge is 0.244 e. The van der Waals surface area contributed by atoms with Crippen molar-refractivity contribution in [1.29, 1.82) is 0 Å². The van der Waals surface area contributed by atoms with Crippen LogP contribution in [0.5, 0.6) is 0 Å². The maximum atomic E-state index is 13.2. The van der Waals surface area contributed by atoms with Crippen molar-refractivity contribution in [1.82, 2.24) is 24.3 Å². The summed E-state index contributed by atoms with van der Waals surface area (Å²) >= 11 is 0. The summed E-state index contributed by atoms with van der Waals surface area (Å²) < 4.78 is 45.8. The maximum Gasteiger partial charge on any atom is 0.244 e. The highest BCUT2D eigenvalue weighted by Gasteiger charge is 2.30. The summed E-state index contributed by atoms with van der Waals surface area (Å²) in [7, 11) is -3.67. The van der Waals surface area contributed by atoms with Gasteiger partial charge in [0.1, 0.15) is 5.82 Å². The Bertz CT molecular complexity index is 1090. The highest BCUT2D eigenvalue weighted by molar-refractivity contribution is 7.89. The van der Waals surface area contributed by atoms with Crippen LogP contribution in [0.2, 0.25) is 0 Å². The summed E-state index contributed by atoms with van der Waals surface area (Å²) in [5.74, 6) is 0.485. The van der Waals surface area contributed by atoms with Gasteiger partial charge in [0, 0.05) is 44.1 Å². The van der Waals surface area contributed by atoms with Crippen LogP contribution in [-0.2, 0) is 10.0 Å². The highest BCUT2D eigenvalue weighted by atomic mass is 32.2. The molecule has 158 valence electrons. The molecule has 8 nitrogen and oxygen atoms in total. The topological polar surface area (TPSA) is 92.4 Å². The molecule has 1 fully saturated rings. The van der Waals surface area contributed by atoms with E-state index >= 15 is 0 Å².